The van der Waals surface area contributed by atoms with E-state index in [0.717, 1.165) is 44.9 Å². The first-order valence-electron chi connectivity index (χ1n) is 28.6. The molecule has 6 nitrogen and oxygen atoms in total. The van der Waals surface area contributed by atoms with Crippen LogP contribution in [0.3, 0.4) is 0 Å². The van der Waals surface area contributed by atoms with Crippen molar-refractivity contribution >= 4 is 11.9 Å². The number of unbranched alkanes of at least 4 members (excludes halogenated alkanes) is 38. The third-order valence-corrected chi connectivity index (χ3v) is 13.2. The van der Waals surface area contributed by atoms with Crippen LogP contribution in [0.25, 0.3) is 0 Å². The number of carbonyl (C=O) groups excluding carboxylic acids is 2. The number of allylic oxidation sites excluding steroid dienone is 4. The molecule has 6 heteroatoms. The van der Waals surface area contributed by atoms with E-state index in [1.165, 1.54) is 231 Å². The van der Waals surface area contributed by atoms with Crippen molar-refractivity contribution < 1.29 is 24.5 Å². The Morgan fingerprint density at radius 3 is 1.11 bits per heavy atom. The van der Waals surface area contributed by atoms with Crippen molar-refractivity contribution in [2.75, 3.05) is 13.2 Å². The molecule has 1 amide bonds. The van der Waals surface area contributed by atoms with Gasteiger partial charge in [-0.2, -0.15) is 0 Å². The Bertz CT molecular complexity index is 997. The first-order chi connectivity index (χ1) is 31.5. The lowest BCUT2D eigenvalue weighted by Crippen LogP contribution is -2.45. The van der Waals surface area contributed by atoms with Gasteiger partial charge < -0.3 is 20.3 Å². The van der Waals surface area contributed by atoms with Gasteiger partial charge >= 0.3 is 5.97 Å². The van der Waals surface area contributed by atoms with Gasteiger partial charge in [-0.25, -0.2) is 0 Å². The number of esters is 1. The highest BCUT2D eigenvalue weighted by Gasteiger charge is 2.20. The molecule has 2 atom stereocenters. The van der Waals surface area contributed by atoms with Gasteiger partial charge in [-0.1, -0.05) is 244 Å². The van der Waals surface area contributed by atoms with Crippen LogP contribution in [0.2, 0.25) is 0 Å². The molecule has 0 aromatic carbocycles. The average molecular weight is 903 g/mol. The van der Waals surface area contributed by atoms with Gasteiger partial charge in [-0.3, -0.25) is 9.59 Å². The Labute approximate surface area is 399 Å². The maximum absolute atomic E-state index is 12.4. The number of hydrogen-bond donors (Lipinski definition) is 3. The second kappa shape index (κ2) is 54.0. The first-order valence-corrected chi connectivity index (χ1v) is 28.6. The summed E-state index contributed by atoms with van der Waals surface area (Å²) in [4.78, 5) is 24.5. The summed E-state index contributed by atoms with van der Waals surface area (Å²) in [5, 5.41) is 23.1. The van der Waals surface area contributed by atoms with Crippen LogP contribution in [0.15, 0.2) is 24.3 Å². The predicted molar refractivity (Wildman–Crippen MR) is 278 cm³/mol. The van der Waals surface area contributed by atoms with E-state index >= 15 is 0 Å². The fourth-order valence-corrected chi connectivity index (χ4v) is 8.81. The molecule has 0 rings (SSSR count). The van der Waals surface area contributed by atoms with Gasteiger partial charge in [0.1, 0.15) is 0 Å². The largest absolute Gasteiger partial charge is 0.466 e. The SMILES string of the molecule is CCCCCCCC/C=C\CCCCCCCCCC(=O)OCCCCCCCCCCCC/C=C\CCCCCCCCCC(=O)NC(CO)C(O)CCCCCCCCCCC. The Morgan fingerprint density at radius 2 is 0.734 bits per heavy atom. The van der Waals surface area contributed by atoms with Crippen molar-refractivity contribution in [3.8, 4) is 0 Å². The van der Waals surface area contributed by atoms with E-state index < -0.39 is 12.1 Å². The molecular weight excluding hydrogens is 791 g/mol. The topological polar surface area (TPSA) is 95.9 Å². The molecule has 0 aliphatic carbocycles. The van der Waals surface area contributed by atoms with Crippen LogP contribution in [0.5, 0.6) is 0 Å². The average Bonchev–Trinajstić information content (AvgIpc) is 3.29. The highest BCUT2D eigenvalue weighted by Crippen LogP contribution is 2.16. The van der Waals surface area contributed by atoms with E-state index in [1.54, 1.807) is 0 Å². The summed E-state index contributed by atoms with van der Waals surface area (Å²) < 4.78 is 5.48. The van der Waals surface area contributed by atoms with Gasteiger partial charge in [0, 0.05) is 12.8 Å². The zero-order valence-electron chi connectivity index (χ0n) is 43.0. The Morgan fingerprint density at radius 1 is 0.422 bits per heavy atom. The number of amides is 1. The summed E-state index contributed by atoms with van der Waals surface area (Å²) in [5.41, 5.74) is 0. The van der Waals surface area contributed by atoms with Crippen LogP contribution in [0.4, 0.5) is 0 Å². The van der Waals surface area contributed by atoms with Gasteiger partial charge in [0.25, 0.3) is 0 Å². The summed E-state index contributed by atoms with van der Waals surface area (Å²) >= 11 is 0. The zero-order chi connectivity index (χ0) is 46.5. The third-order valence-electron chi connectivity index (χ3n) is 13.2. The number of aliphatic hydroxyl groups excluding tert-OH is 2. The summed E-state index contributed by atoms with van der Waals surface area (Å²) in [6, 6.07) is -0.545. The molecular formula is C58H111NO5. The van der Waals surface area contributed by atoms with Crippen LogP contribution in [-0.4, -0.2) is 47.4 Å². The normalized spacial score (nSPS) is 12.8. The molecule has 64 heavy (non-hydrogen) atoms. The molecule has 3 N–H and O–H groups in total. The van der Waals surface area contributed by atoms with Gasteiger partial charge in [0.05, 0.1) is 25.4 Å². The van der Waals surface area contributed by atoms with Crippen LogP contribution in [0.1, 0.15) is 309 Å². The monoisotopic (exact) mass is 902 g/mol. The molecule has 0 bridgehead atoms. The van der Waals surface area contributed by atoms with E-state index in [-0.39, 0.29) is 18.5 Å². The molecule has 0 aromatic rings. The Balaban J connectivity index is 3.38. The van der Waals surface area contributed by atoms with Crippen molar-refractivity contribution in [2.24, 2.45) is 0 Å². The number of rotatable bonds is 53. The molecule has 0 aromatic heterocycles. The molecule has 0 radical (unpaired) electrons. The van der Waals surface area contributed by atoms with Gasteiger partial charge in [-0.15, -0.1) is 0 Å². The van der Waals surface area contributed by atoms with Gasteiger partial charge in [0.2, 0.25) is 5.91 Å². The van der Waals surface area contributed by atoms with Crippen molar-refractivity contribution in [3.05, 3.63) is 24.3 Å². The highest BCUT2D eigenvalue weighted by molar-refractivity contribution is 5.76. The lowest BCUT2D eigenvalue weighted by molar-refractivity contribution is -0.143. The number of ether oxygens (including phenoxy) is 1. The number of carbonyl (C=O) groups is 2. The van der Waals surface area contributed by atoms with Crippen molar-refractivity contribution in [1.82, 2.24) is 5.32 Å². The smallest absolute Gasteiger partial charge is 0.305 e. The standard InChI is InChI=1S/C58H111NO5/c1-3-5-7-9-11-13-14-15-16-22-26-29-32-36-40-44-48-52-58(63)64-53-49-45-41-37-33-30-27-24-21-19-17-18-20-23-25-28-31-35-39-43-47-51-57(62)59-55(54-60)56(61)50-46-42-38-34-12-10-8-6-4-2/h15-16,18,20,55-56,60-61H,3-14,17,19,21-54H2,1-2H3,(H,59,62)/b16-15-,20-18-. The van der Waals surface area contributed by atoms with Crippen molar-refractivity contribution in [3.63, 3.8) is 0 Å². The highest BCUT2D eigenvalue weighted by atomic mass is 16.5. The molecule has 0 aliphatic rings. The van der Waals surface area contributed by atoms with E-state index in [0.29, 0.717) is 25.9 Å². The predicted octanol–water partition coefficient (Wildman–Crippen LogP) is 17.5. The van der Waals surface area contributed by atoms with Gasteiger partial charge in [-0.05, 0) is 77.0 Å². The van der Waals surface area contributed by atoms with Gasteiger partial charge in [0.15, 0.2) is 0 Å². The number of nitrogens with one attached hydrogen (secondary N) is 1. The fraction of sp³-hybridized carbons (Fsp3) is 0.897. The molecule has 0 spiro atoms. The van der Waals surface area contributed by atoms with Crippen molar-refractivity contribution in [2.45, 2.75) is 321 Å². The summed E-state index contributed by atoms with van der Waals surface area (Å²) in [5.74, 6) is -0.0402. The summed E-state index contributed by atoms with van der Waals surface area (Å²) in [6.07, 6.45) is 64.6. The van der Waals surface area contributed by atoms with Crippen LogP contribution in [-0.2, 0) is 14.3 Å². The molecule has 0 saturated carbocycles. The van der Waals surface area contributed by atoms with E-state index in [9.17, 15) is 19.8 Å². The molecule has 2 unspecified atom stereocenters. The number of hydrogen-bond acceptors (Lipinski definition) is 5. The Hall–Kier alpha value is -1.66. The molecule has 0 aliphatic heterocycles. The van der Waals surface area contributed by atoms with E-state index in [1.807, 2.05) is 0 Å². The summed E-state index contributed by atoms with van der Waals surface area (Å²) in [6.45, 7) is 4.92. The Kier molecular flexibility index (Phi) is 52.6. The van der Waals surface area contributed by atoms with E-state index in [2.05, 4.69) is 43.5 Å². The quantitative estimate of drug-likeness (QED) is 0.0321. The fourth-order valence-electron chi connectivity index (χ4n) is 8.81. The third kappa shape index (κ3) is 49.8. The maximum atomic E-state index is 12.4. The zero-order valence-corrected chi connectivity index (χ0v) is 43.0. The first kappa shape index (κ1) is 62.3. The molecule has 0 heterocycles. The minimum Gasteiger partial charge on any atom is -0.466 e. The number of aliphatic hydroxyl groups is 2. The molecule has 0 fully saturated rings. The van der Waals surface area contributed by atoms with Crippen molar-refractivity contribution in [1.29, 1.82) is 0 Å². The lowest BCUT2D eigenvalue weighted by Gasteiger charge is -2.22. The second-order valence-corrected chi connectivity index (χ2v) is 19.6. The van der Waals surface area contributed by atoms with E-state index in [4.69, 9.17) is 4.74 Å². The lowest BCUT2D eigenvalue weighted by atomic mass is 10.0. The van der Waals surface area contributed by atoms with Crippen LogP contribution >= 0.6 is 0 Å². The molecule has 0 saturated heterocycles. The maximum Gasteiger partial charge on any atom is 0.305 e. The minimum absolute atomic E-state index is 0.00477. The minimum atomic E-state index is -0.666. The summed E-state index contributed by atoms with van der Waals surface area (Å²) in [7, 11) is 0. The molecule has 378 valence electrons. The van der Waals surface area contributed by atoms with Crippen LogP contribution in [0, 0.1) is 0 Å². The van der Waals surface area contributed by atoms with Crippen LogP contribution < -0.4 is 5.32 Å². The second-order valence-electron chi connectivity index (χ2n) is 19.6.